The number of thioether (sulfide) groups is 1. The highest BCUT2D eigenvalue weighted by atomic mass is 79.9. The van der Waals surface area contributed by atoms with Gasteiger partial charge < -0.3 is 0 Å². The molecule has 1 amide bonds. The van der Waals surface area contributed by atoms with E-state index in [0.717, 1.165) is 16.1 Å². The number of H-pyrrole nitrogens is 1. The van der Waals surface area contributed by atoms with E-state index in [9.17, 15) is 13.2 Å². The number of benzene rings is 2. The maximum absolute atomic E-state index is 13.1. The number of sulfonamides is 1. The second kappa shape index (κ2) is 6.49. The molecule has 4 rings (SSSR count). The Hall–Kier alpha value is -2.24. The number of amides is 1. The van der Waals surface area contributed by atoms with Crippen LogP contribution in [0.1, 0.15) is 21.3 Å². The maximum Gasteiger partial charge on any atom is 0.271 e. The van der Waals surface area contributed by atoms with E-state index in [1.807, 2.05) is 6.07 Å². The van der Waals surface area contributed by atoms with Crippen molar-refractivity contribution in [2.75, 3.05) is 0 Å². The van der Waals surface area contributed by atoms with Crippen LogP contribution in [0.15, 0.2) is 63.1 Å². The summed E-state index contributed by atoms with van der Waals surface area (Å²) in [6.07, 6.45) is 0. The summed E-state index contributed by atoms with van der Waals surface area (Å²) in [5.74, 6) is -0.600. The summed E-state index contributed by atoms with van der Waals surface area (Å²) in [7, 11) is -4.02. The van der Waals surface area contributed by atoms with Crippen molar-refractivity contribution in [3.05, 3.63) is 64.1 Å². The normalized spacial score (nSPS) is 16.5. The average Bonchev–Trinajstić information content (AvgIpc) is 3.20. The number of nitrogens with one attached hydrogen (secondary N) is 1. The molecule has 3 aromatic rings. The van der Waals surface area contributed by atoms with E-state index in [4.69, 9.17) is 0 Å². The topological polar surface area (TPSA) is 109 Å². The molecule has 0 radical (unpaired) electrons. The van der Waals surface area contributed by atoms with E-state index in [1.54, 1.807) is 36.4 Å². The number of fused-ring (bicyclic) bond motifs is 1. The van der Waals surface area contributed by atoms with Gasteiger partial charge in [-0.3, -0.25) is 4.79 Å². The molecule has 0 saturated heterocycles. The van der Waals surface area contributed by atoms with Crippen LogP contribution in [0, 0.1) is 0 Å². The predicted molar refractivity (Wildman–Crippen MR) is 96.7 cm³/mol. The quantitative estimate of drug-likeness (QED) is 0.606. The first-order valence-corrected chi connectivity index (χ1v) is 10.4. The first-order valence-electron chi connectivity index (χ1n) is 7.32. The van der Waals surface area contributed by atoms with Crippen molar-refractivity contribution in [1.82, 2.24) is 24.9 Å². The van der Waals surface area contributed by atoms with Gasteiger partial charge in [-0.05, 0) is 38.8 Å². The number of hydrogen-bond acceptors (Lipinski definition) is 7. The Balaban J connectivity index is 1.87. The SMILES string of the molecule is O=C1c2c(Br)cccc2S(=O)(=O)N1C(Sc1nn[nH]n1)c1ccccc1. The Kier molecular flexibility index (Phi) is 4.29. The molecule has 1 unspecified atom stereocenters. The van der Waals surface area contributed by atoms with E-state index in [1.165, 1.54) is 6.07 Å². The lowest BCUT2D eigenvalue weighted by molar-refractivity contribution is 0.0861. The van der Waals surface area contributed by atoms with Crippen LogP contribution in [0.5, 0.6) is 0 Å². The largest absolute Gasteiger partial charge is 0.271 e. The summed E-state index contributed by atoms with van der Waals surface area (Å²) in [6.45, 7) is 0. The maximum atomic E-state index is 13.1. The Bertz CT molecular complexity index is 1070. The fourth-order valence-electron chi connectivity index (χ4n) is 2.66. The highest BCUT2D eigenvalue weighted by molar-refractivity contribution is 9.10. The van der Waals surface area contributed by atoms with Crippen molar-refractivity contribution in [3.8, 4) is 0 Å². The number of nitrogens with zero attached hydrogens (tertiary/aromatic N) is 4. The van der Waals surface area contributed by atoms with Gasteiger partial charge in [0.2, 0.25) is 5.16 Å². The van der Waals surface area contributed by atoms with Crippen LogP contribution in [-0.2, 0) is 10.0 Å². The summed E-state index contributed by atoms with van der Waals surface area (Å²) in [5.41, 5.74) is 0.755. The third-order valence-electron chi connectivity index (χ3n) is 3.77. The number of aromatic nitrogens is 4. The molecule has 8 nitrogen and oxygen atoms in total. The molecule has 132 valence electrons. The van der Waals surface area contributed by atoms with Crippen LogP contribution < -0.4 is 0 Å². The van der Waals surface area contributed by atoms with E-state index >= 15 is 0 Å². The summed E-state index contributed by atoms with van der Waals surface area (Å²) in [6, 6.07) is 13.5. The minimum Gasteiger partial charge on any atom is -0.268 e. The molecule has 1 aromatic heterocycles. The Morgan fingerprint density at radius 2 is 1.88 bits per heavy atom. The number of carbonyl (C=O) groups excluding carboxylic acids is 1. The molecule has 1 N–H and O–H groups in total. The Morgan fingerprint density at radius 3 is 2.54 bits per heavy atom. The highest BCUT2D eigenvalue weighted by Gasteiger charge is 2.47. The molecule has 0 saturated carbocycles. The molecule has 1 atom stereocenters. The second-order valence-electron chi connectivity index (χ2n) is 5.29. The van der Waals surface area contributed by atoms with Crippen LogP contribution in [0.4, 0.5) is 0 Å². The van der Waals surface area contributed by atoms with Crippen molar-refractivity contribution in [3.63, 3.8) is 0 Å². The van der Waals surface area contributed by atoms with Crippen molar-refractivity contribution < 1.29 is 13.2 Å². The second-order valence-corrected chi connectivity index (χ2v) is 8.98. The Morgan fingerprint density at radius 1 is 1.12 bits per heavy atom. The molecule has 0 bridgehead atoms. The molecule has 11 heteroatoms. The van der Waals surface area contributed by atoms with Gasteiger partial charge in [0.25, 0.3) is 15.9 Å². The third kappa shape index (κ3) is 2.72. The average molecular weight is 452 g/mol. The van der Waals surface area contributed by atoms with Gasteiger partial charge in [-0.1, -0.05) is 48.2 Å². The van der Waals surface area contributed by atoms with Crippen molar-refractivity contribution in [1.29, 1.82) is 0 Å². The van der Waals surface area contributed by atoms with E-state index in [0.29, 0.717) is 10.0 Å². The van der Waals surface area contributed by atoms with E-state index in [2.05, 4.69) is 36.6 Å². The minimum absolute atomic E-state index is 0.0217. The first kappa shape index (κ1) is 17.2. The molecule has 2 heterocycles. The van der Waals surface area contributed by atoms with Crippen LogP contribution >= 0.6 is 27.7 Å². The molecule has 26 heavy (non-hydrogen) atoms. The molecular formula is C15H10BrN5O3S2. The number of halogens is 1. The summed E-state index contributed by atoms with van der Waals surface area (Å²) in [4.78, 5) is 13.0. The van der Waals surface area contributed by atoms with Crippen LogP contribution in [0.25, 0.3) is 0 Å². The van der Waals surface area contributed by atoms with Gasteiger partial charge in [-0.2, -0.15) is 5.21 Å². The number of hydrogen-bond donors (Lipinski definition) is 1. The molecule has 1 aliphatic rings. The zero-order valence-electron chi connectivity index (χ0n) is 12.9. The van der Waals surface area contributed by atoms with Gasteiger partial charge in [-0.15, -0.1) is 10.2 Å². The van der Waals surface area contributed by atoms with Crippen LogP contribution in [-0.4, -0.2) is 39.3 Å². The fraction of sp³-hybridized carbons (Fsp3) is 0.0667. The standard InChI is InChI=1S/C15H10BrN5O3S2/c16-10-7-4-8-11-12(10)13(22)21(26(11,23)24)14(9-5-2-1-3-6-9)25-15-17-19-20-18-15/h1-8,14H,(H,17,18,19,20). The lowest BCUT2D eigenvalue weighted by Crippen LogP contribution is -2.32. The van der Waals surface area contributed by atoms with Gasteiger partial charge in [-0.25, -0.2) is 12.7 Å². The molecule has 0 spiro atoms. The number of aromatic amines is 1. The predicted octanol–water partition coefficient (Wildman–Crippen LogP) is 2.60. The fourth-order valence-corrected chi connectivity index (χ4v) is 6.26. The number of tetrazole rings is 1. The lowest BCUT2D eigenvalue weighted by Gasteiger charge is -2.25. The van der Waals surface area contributed by atoms with E-state index in [-0.39, 0.29) is 15.6 Å². The number of rotatable bonds is 4. The third-order valence-corrected chi connectivity index (χ3v) is 7.44. The van der Waals surface area contributed by atoms with Gasteiger partial charge in [0, 0.05) is 4.47 Å². The monoisotopic (exact) mass is 451 g/mol. The van der Waals surface area contributed by atoms with E-state index < -0.39 is 21.3 Å². The zero-order chi connectivity index (χ0) is 18.3. The van der Waals surface area contributed by atoms with Crippen LogP contribution in [0.2, 0.25) is 0 Å². The molecular weight excluding hydrogens is 442 g/mol. The van der Waals surface area contributed by atoms with Crippen LogP contribution in [0.3, 0.4) is 0 Å². The Labute approximate surface area is 161 Å². The van der Waals surface area contributed by atoms with Crippen molar-refractivity contribution in [2.24, 2.45) is 0 Å². The smallest absolute Gasteiger partial charge is 0.268 e. The van der Waals surface area contributed by atoms with Gasteiger partial charge >= 0.3 is 0 Å². The van der Waals surface area contributed by atoms with Gasteiger partial charge in [0.05, 0.1) is 5.56 Å². The lowest BCUT2D eigenvalue weighted by atomic mass is 10.2. The molecule has 0 aliphatic carbocycles. The molecule has 1 aliphatic heterocycles. The van der Waals surface area contributed by atoms with Gasteiger partial charge in [0.1, 0.15) is 10.3 Å². The molecule has 2 aromatic carbocycles. The van der Waals surface area contributed by atoms with Crippen molar-refractivity contribution >= 4 is 43.6 Å². The number of carbonyl (C=O) groups is 1. The summed E-state index contributed by atoms with van der Waals surface area (Å²) in [5, 5.41) is 12.9. The zero-order valence-corrected chi connectivity index (χ0v) is 16.1. The first-order chi connectivity index (χ1) is 12.5. The minimum atomic E-state index is -4.02. The van der Waals surface area contributed by atoms with Gasteiger partial charge in [0.15, 0.2) is 0 Å². The molecule has 0 fully saturated rings. The summed E-state index contributed by atoms with van der Waals surface area (Å²) >= 11 is 4.30. The van der Waals surface area contributed by atoms with Crippen molar-refractivity contribution in [2.45, 2.75) is 15.4 Å². The highest BCUT2D eigenvalue weighted by Crippen LogP contribution is 2.45. The summed E-state index contributed by atoms with van der Waals surface area (Å²) < 4.78 is 27.5.